The Morgan fingerprint density at radius 2 is 1.95 bits per heavy atom. The van der Waals surface area contributed by atoms with E-state index in [0.29, 0.717) is 5.92 Å². The minimum Gasteiger partial charge on any atom is -0.341 e. The Hall–Kier alpha value is -1.95. The van der Waals surface area contributed by atoms with Crippen molar-refractivity contribution in [1.82, 2.24) is 16.0 Å². The zero-order chi connectivity index (χ0) is 15.2. The Balaban J connectivity index is 1.95. The number of carbonyl (C=O) groups is 2. The number of carbonyl (C=O) groups excluding carboxylic acids is 2. The first-order valence-electron chi connectivity index (χ1n) is 7.10. The third kappa shape index (κ3) is 4.26. The average molecular weight is 293 g/mol. The Kier molecular flexibility index (Phi) is 5.27. The smallest absolute Gasteiger partial charge is 0.321 e. The van der Waals surface area contributed by atoms with Crippen LogP contribution >= 0.6 is 0 Å². The molecule has 0 radical (unpaired) electrons. The fraction of sp³-hybridized carbons (Fsp3) is 0.467. The molecule has 114 valence electrons. The lowest BCUT2D eigenvalue weighted by Gasteiger charge is -2.34. The van der Waals surface area contributed by atoms with Crippen molar-refractivity contribution in [2.24, 2.45) is 5.92 Å². The quantitative estimate of drug-likeness (QED) is 0.774. The largest absolute Gasteiger partial charge is 0.341 e. The van der Waals surface area contributed by atoms with Gasteiger partial charge in [0.15, 0.2) is 0 Å². The van der Waals surface area contributed by atoms with Crippen molar-refractivity contribution in [1.29, 1.82) is 0 Å². The number of hydrogen-bond donors (Lipinski definition) is 3. The zero-order valence-electron chi connectivity index (χ0n) is 12.0. The van der Waals surface area contributed by atoms with Crippen molar-refractivity contribution < 1.29 is 14.0 Å². The second-order valence-electron chi connectivity index (χ2n) is 5.23. The molecule has 0 aliphatic heterocycles. The van der Waals surface area contributed by atoms with Crippen LogP contribution in [0.3, 0.4) is 0 Å². The summed E-state index contributed by atoms with van der Waals surface area (Å²) in [5.41, 5.74) is 0.967. The molecule has 0 heterocycles. The molecular weight excluding hydrogens is 273 g/mol. The van der Waals surface area contributed by atoms with Crippen LogP contribution in [0.15, 0.2) is 24.3 Å². The first-order chi connectivity index (χ1) is 10.1. The highest BCUT2D eigenvalue weighted by molar-refractivity contribution is 5.95. The summed E-state index contributed by atoms with van der Waals surface area (Å²) in [6, 6.07) is 5.81. The summed E-state index contributed by atoms with van der Waals surface area (Å²) in [4.78, 5) is 22.7. The average Bonchev–Trinajstić information content (AvgIpc) is 2.42. The van der Waals surface area contributed by atoms with Crippen LogP contribution in [0.4, 0.5) is 9.18 Å². The predicted molar refractivity (Wildman–Crippen MR) is 77.1 cm³/mol. The summed E-state index contributed by atoms with van der Waals surface area (Å²) in [5, 5.41) is 7.71. The maximum Gasteiger partial charge on any atom is 0.321 e. The van der Waals surface area contributed by atoms with Crippen molar-refractivity contribution in [3.63, 3.8) is 0 Å². The van der Waals surface area contributed by atoms with Crippen LogP contribution in [0.5, 0.6) is 0 Å². The van der Waals surface area contributed by atoms with Crippen molar-refractivity contribution in [2.75, 3.05) is 13.6 Å². The molecule has 0 aromatic heterocycles. The van der Waals surface area contributed by atoms with E-state index in [0.717, 1.165) is 18.4 Å². The molecule has 3 amide bonds. The van der Waals surface area contributed by atoms with Gasteiger partial charge in [-0.05, 0) is 36.5 Å². The molecule has 6 heteroatoms. The van der Waals surface area contributed by atoms with Crippen LogP contribution in [0, 0.1) is 11.7 Å². The summed E-state index contributed by atoms with van der Waals surface area (Å²) in [5.74, 6) is -0.215. The Morgan fingerprint density at radius 3 is 2.48 bits per heavy atom. The first-order valence-corrected chi connectivity index (χ1v) is 7.10. The van der Waals surface area contributed by atoms with Crippen molar-refractivity contribution in [2.45, 2.75) is 25.3 Å². The lowest BCUT2D eigenvalue weighted by Crippen LogP contribution is -2.44. The standard InChI is InChI=1S/C15H20FN3O2/c1-17-15(21)19-13(20)9-18-14(10-3-2-4-10)11-5-7-12(16)8-6-11/h5-8,10,14,18H,2-4,9H2,1H3,(H2,17,19,20,21)/t14-/m1/s1. The Labute approximate surface area is 123 Å². The van der Waals surface area contributed by atoms with Gasteiger partial charge in [0.1, 0.15) is 5.82 Å². The van der Waals surface area contributed by atoms with Gasteiger partial charge in [-0.1, -0.05) is 18.6 Å². The van der Waals surface area contributed by atoms with Crippen LogP contribution in [0.2, 0.25) is 0 Å². The molecule has 5 nitrogen and oxygen atoms in total. The number of halogens is 1. The zero-order valence-corrected chi connectivity index (χ0v) is 12.0. The minimum atomic E-state index is -0.524. The van der Waals surface area contributed by atoms with E-state index >= 15 is 0 Å². The van der Waals surface area contributed by atoms with Gasteiger partial charge in [0.05, 0.1) is 6.54 Å². The van der Waals surface area contributed by atoms with Gasteiger partial charge < -0.3 is 10.6 Å². The van der Waals surface area contributed by atoms with E-state index in [1.165, 1.54) is 25.6 Å². The van der Waals surface area contributed by atoms with E-state index in [-0.39, 0.29) is 24.3 Å². The van der Waals surface area contributed by atoms with Crippen molar-refractivity contribution >= 4 is 11.9 Å². The molecular formula is C15H20FN3O2. The molecule has 1 aromatic rings. The maximum atomic E-state index is 13.0. The van der Waals surface area contributed by atoms with E-state index in [9.17, 15) is 14.0 Å². The van der Waals surface area contributed by atoms with Crippen LogP contribution < -0.4 is 16.0 Å². The van der Waals surface area contributed by atoms with E-state index in [4.69, 9.17) is 0 Å². The molecule has 0 bridgehead atoms. The molecule has 2 rings (SSSR count). The van der Waals surface area contributed by atoms with E-state index < -0.39 is 6.03 Å². The van der Waals surface area contributed by atoms with Crippen LogP contribution in [0.1, 0.15) is 30.9 Å². The van der Waals surface area contributed by atoms with Crippen LogP contribution in [0.25, 0.3) is 0 Å². The number of nitrogens with one attached hydrogen (secondary N) is 3. The minimum absolute atomic E-state index is 0.00906. The number of urea groups is 1. The molecule has 21 heavy (non-hydrogen) atoms. The summed E-state index contributed by atoms with van der Waals surface area (Å²) in [6.45, 7) is 0.0476. The summed E-state index contributed by atoms with van der Waals surface area (Å²) < 4.78 is 13.0. The van der Waals surface area contributed by atoms with Gasteiger partial charge in [-0.25, -0.2) is 9.18 Å². The summed E-state index contributed by atoms with van der Waals surface area (Å²) in [7, 11) is 1.45. The van der Waals surface area contributed by atoms with Gasteiger partial charge in [0, 0.05) is 13.1 Å². The molecule has 1 saturated carbocycles. The number of benzene rings is 1. The fourth-order valence-corrected chi connectivity index (χ4v) is 2.44. The van der Waals surface area contributed by atoms with Crippen LogP contribution in [-0.4, -0.2) is 25.5 Å². The fourth-order valence-electron chi connectivity index (χ4n) is 2.44. The number of hydrogen-bond acceptors (Lipinski definition) is 3. The van der Waals surface area contributed by atoms with Crippen molar-refractivity contribution in [3.05, 3.63) is 35.6 Å². The van der Waals surface area contributed by atoms with Gasteiger partial charge >= 0.3 is 6.03 Å². The molecule has 0 spiro atoms. The van der Waals surface area contributed by atoms with E-state index in [1.807, 2.05) is 0 Å². The normalized spacial score (nSPS) is 15.9. The second-order valence-corrected chi connectivity index (χ2v) is 5.23. The topological polar surface area (TPSA) is 70.2 Å². The highest BCUT2D eigenvalue weighted by atomic mass is 19.1. The van der Waals surface area contributed by atoms with Gasteiger partial charge in [0.25, 0.3) is 0 Å². The maximum absolute atomic E-state index is 13.0. The molecule has 0 unspecified atom stereocenters. The van der Waals surface area contributed by atoms with Gasteiger partial charge in [-0.2, -0.15) is 0 Å². The van der Waals surface area contributed by atoms with E-state index in [2.05, 4.69) is 16.0 Å². The number of rotatable bonds is 5. The SMILES string of the molecule is CNC(=O)NC(=O)CN[C@@H](c1ccc(F)cc1)C1CCC1. The molecule has 1 aliphatic rings. The Morgan fingerprint density at radius 1 is 1.29 bits per heavy atom. The van der Waals surface area contributed by atoms with Gasteiger partial charge in [0.2, 0.25) is 5.91 Å². The highest BCUT2D eigenvalue weighted by Gasteiger charge is 2.28. The number of imide groups is 1. The summed E-state index contributed by atoms with van der Waals surface area (Å²) >= 11 is 0. The molecule has 1 aliphatic carbocycles. The lowest BCUT2D eigenvalue weighted by molar-refractivity contribution is -0.119. The Bertz CT molecular complexity index is 500. The van der Waals surface area contributed by atoms with Crippen molar-refractivity contribution in [3.8, 4) is 0 Å². The predicted octanol–water partition coefficient (Wildman–Crippen LogP) is 1.71. The molecule has 1 atom stereocenters. The highest BCUT2D eigenvalue weighted by Crippen LogP contribution is 2.37. The molecule has 1 aromatic carbocycles. The van der Waals surface area contributed by atoms with Gasteiger partial charge in [-0.3, -0.25) is 10.1 Å². The molecule has 3 N–H and O–H groups in total. The number of amides is 3. The van der Waals surface area contributed by atoms with Gasteiger partial charge in [-0.15, -0.1) is 0 Å². The molecule has 1 fully saturated rings. The monoisotopic (exact) mass is 293 g/mol. The third-order valence-corrected chi connectivity index (χ3v) is 3.81. The first kappa shape index (κ1) is 15.4. The second kappa shape index (κ2) is 7.17. The third-order valence-electron chi connectivity index (χ3n) is 3.81. The van der Waals surface area contributed by atoms with E-state index in [1.54, 1.807) is 12.1 Å². The summed E-state index contributed by atoms with van der Waals surface area (Å²) in [6.07, 6.45) is 3.35. The lowest BCUT2D eigenvalue weighted by atomic mass is 9.77. The van der Waals surface area contributed by atoms with Crippen LogP contribution in [-0.2, 0) is 4.79 Å². The molecule has 0 saturated heterocycles.